The lowest BCUT2D eigenvalue weighted by Gasteiger charge is -2.10. The summed E-state index contributed by atoms with van der Waals surface area (Å²) in [4.78, 5) is 0. The summed E-state index contributed by atoms with van der Waals surface area (Å²) in [6.45, 7) is 6.38. The highest BCUT2D eigenvalue weighted by molar-refractivity contribution is 9.10. The minimum absolute atomic E-state index is 0.553. The molecule has 0 spiro atoms. The van der Waals surface area contributed by atoms with Crippen molar-refractivity contribution in [1.29, 1.82) is 5.26 Å². The minimum Gasteiger partial charge on any atom is -0.382 e. The molecule has 0 amide bonds. The van der Waals surface area contributed by atoms with Crippen molar-refractivity contribution in [1.82, 2.24) is 0 Å². The van der Waals surface area contributed by atoms with Crippen LogP contribution < -0.4 is 5.32 Å². The van der Waals surface area contributed by atoms with E-state index in [1.54, 1.807) is 6.07 Å². The van der Waals surface area contributed by atoms with Gasteiger partial charge in [0.15, 0.2) is 0 Å². The third-order valence-corrected chi connectivity index (χ3v) is 2.61. The van der Waals surface area contributed by atoms with E-state index in [1.165, 1.54) is 0 Å². The molecule has 1 aromatic rings. The average molecular weight is 297 g/mol. The first-order valence-electron chi connectivity index (χ1n) is 5.64. The zero-order valence-corrected chi connectivity index (χ0v) is 11.8. The highest BCUT2D eigenvalue weighted by atomic mass is 79.9. The third-order valence-electron chi connectivity index (χ3n) is 2.12. The summed E-state index contributed by atoms with van der Waals surface area (Å²) in [6.07, 6.45) is 0. The molecule has 1 N–H and O–H groups in total. The van der Waals surface area contributed by atoms with Crippen molar-refractivity contribution in [2.24, 2.45) is 5.92 Å². The summed E-state index contributed by atoms with van der Waals surface area (Å²) in [5.74, 6) is 0.553. The van der Waals surface area contributed by atoms with Crippen LogP contribution in [0.1, 0.15) is 19.4 Å². The predicted octanol–water partition coefficient (Wildman–Crippen LogP) is 3.41. The van der Waals surface area contributed by atoms with E-state index in [9.17, 15) is 0 Å². The molecule has 3 nitrogen and oxygen atoms in total. The van der Waals surface area contributed by atoms with Gasteiger partial charge in [-0.25, -0.2) is 0 Å². The Morgan fingerprint density at radius 1 is 1.47 bits per heavy atom. The molecular weight excluding hydrogens is 280 g/mol. The highest BCUT2D eigenvalue weighted by Gasteiger charge is 2.01. The number of hydrogen-bond acceptors (Lipinski definition) is 3. The maximum absolute atomic E-state index is 8.98. The molecule has 0 aliphatic heterocycles. The van der Waals surface area contributed by atoms with Crippen LogP contribution in [-0.2, 0) is 4.74 Å². The van der Waals surface area contributed by atoms with Gasteiger partial charge in [0.2, 0.25) is 0 Å². The first-order chi connectivity index (χ1) is 8.13. The number of benzene rings is 1. The van der Waals surface area contributed by atoms with E-state index in [-0.39, 0.29) is 0 Å². The van der Waals surface area contributed by atoms with Crippen LogP contribution in [0.4, 0.5) is 5.69 Å². The largest absolute Gasteiger partial charge is 0.382 e. The summed E-state index contributed by atoms with van der Waals surface area (Å²) < 4.78 is 6.37. The Morgan fingerprint density at radius 2 is 2.24 bits per heavy atom. The van der Waals surface area contributed by atoms with E-state index in [4.69, 9.17) is 10.00 Å². The molecule has 0 atom stereocenters. The number of nitrogens with zero attached hydrogens (tertiary/aromatic N) is 1. The van der Waals surface area contributed by atoms with Crippen molar-refractivity contribution in [3.8, 4) is 6.07 Å². The van der Waals surface area contributed by atoms with Crippen molar-refractivity contribution >= 4 is 21.6 Å². The SMILES string of the molecule is CC(C)COCCNc1ccc(Br)cc1C#N. The van der Waals surface area contributed by atoms with E-state index in [1.807, 2.05) is 12.1 Å². The Labute approximate surface area is 111 Å². The van der Waals surface area contributed by atoms with Crippen molar-refractivity contribution < 1.29 is 4.74 Å². The Morgan fingerprint density at radius 3 is 2.88 bits per heavy atom. The summed E-state index contributed by atoms with van der Waals surface area (Å²) in [5.41, 5.74) is 1.49. The number of nitriles is 1. The van der Waals surface area contributed by atoms with Crippen LogP contribution in [0.15, 0.2) is 22.7 Å². The van der Waals surface area contributed by atoms with Gasteiger partial charge in [-0.05, 0) is 24.1 Å². The van der Waals surface area contributed by atoms with Gasteiger partial charge in [-0.2, -0.15) is 5.26 Å². The van der Waals surface area contributed by atoms with Gasteiger partial charge in [-0.1, -0.05) is 29.8 Å². The van der Waals surface area contributed by atoms with E-state index in [2.05, 4.69) is 41.2 Å². The van der Waals surface area contributed by atoms with Crippen LogP contribution in [0, 0.1) is 17.2 Å². The predicted molar refractivity (Wildman–Crippen MR) is 73.0 cm³/mol. The summed E-state index contributed by atoms with van der Waals surface area (Å²) in [5, 5.41) is 12.2. The van der Waals surface area contributed by atoms with Crippen LogP contribution in [0.2, 0.25) is 0 Å². The highest BCUT2D eigenvalue weighted by Crippen LogP contribution is 2.19. The number of nitrogens with one attached hydrogen (secondary N) is 1. The van der Waals surface area contributed by atoms with Gasteiger partial charge in [-0.3, -0.25) is 0 Å². The monoisotopic (exact) mass is 296 g/mol. The van der Waals surface area contributed by atoms with Gasteiger partial charge >= 0.3 is 0 Å². The molecule has 0 aliphatic carbocycles. The first-order valence-corrected chi connectivity index (χ1v) is 6.44. The standard InChI is InChI=1S/C13H17BrN2O/c1-10(2)9-17-6-5-16-13-4-3-12(14)7-11(13)8-15/h3-4,7,10,16H,5-6,9H2,1-2H3. The molecule has 92 valence electrons. The fourth-order valence-electron chi connectivity index (χ4n) is 1.34. The molecule has 0 saturated carbocycles. The smallest absolute Gasteiger partial charge is 0.101 e. The third kappa shape index (κ3) is 5.20. The summed E-state index contributed by atoms with van der Waals surface area (Å²) in [6, 6.07) is 7.77. The number of rotatable bonds is 6. The Hall–Kier alpha value is -1.05. The van der Waals surface area contributed by atoms with Crippen LogP contribution >= 0.6 is 15.9 Å². The van der Waals surface area contributed by atoms with Crippen molar-refractivity contribution in [3.63, 3.8) is 0 Å². The van der Waals surface area contributed by atoms with Gasteiger partial charge in [-0.15, -0.1) is 0 Å². The van der Waals surface area contributed by atoms with Crippen molar-refractivity contribution in [3.05, 3.63) is 28.2 Å². The molecule has 0 fully saturated rings. The Balaban J connectivity index is 2.39. The molecule has 4 heteroatoms. The van der Waals surface area contributed by atoms with Gasteiger partial charge in [0.05, 0.1) is 17.9 Å². The molecule has 1 rings (SSSR count). The molecule has 0 aromatic heterocycles. The normalized spacial score (nSPS) is 10.3. The molecule has 0 aliphatic rings. The van der Waals surface area contributed by atoms with Crippen LogP contribution in [-0.4, -0.2) is 19.8 Å². The van der Waals surface area contributed by atoms with E-state index >= 15 is 0 Å². The second kappa shape index (κ2) is 7.31. The summed E-state index contributed by atoms with van der Waals surface area (Å²) in [7, 11) is 0. The van der Waals surface area contributed by atoms with E-state index in [0.29, 0.717) is 24.6 Å². The fourth-order valence-corrected chi connectivity index (χ4v) is 1.70. The van der Waals surface area contributed by atoms with Gasteiger partial charge in [0, 0.05) is 17.6 Å². The number of hydrogen-bond donors (Lipinski definition) is 1. The van der Waals surface area contributed by atoms with E-state index < -0.39 is 0 Å². The van der Waals surface area contributed by atoms with Gasteiger partial charge in [0.1, 0.15) is 6.07 Å². The number of ether oxygens (including phenoxy) is 1. The van der Waals surface area contributed by atoms with Crippen LogP contribution in [0.5, 0.6) is 0 Å². The lowest BCUT2D eigenvalue weighted by atomic mass is 10.2. The zero-order valence-electron chi connectivity index (χ0n) is 10.2. The van der Waals surface area contributed by atoms with Gasteiger partial charge < -0.3 is 10.1 Å². The van der Waals surface area contributed by atoms with Crippen LogP contribution in [0.3, 0.4) is 0 Å². The van der Waals surface area contributed by atoms with E-state index in [0.717, 1.165) is 16.8 Å². The first kappa shape index (κ1) is 14.0. The summed E-state index contributed by atoms with van der Waals surface area (Å²) >= 11 is 3.34. The minimum atomic E-state index is 0.553. The van der Waals surface area contributed by atoms with Crippen LogP contribution in [0.25, 0.3) is 0 Å². The lowest BCUT2D eigenvalue weighted by molar-refractivity contribution is 0.118. The maximum atomic E-state index is 8.98. The molecule has 0 unspecified atom stereocenters. The quantitative estimate of drug-likeness (QED) is 0.818. The molecule has 0 heterocycles. The molecular formula is C13H17BrN2O. The maximum Gasteiger partial charge on any atom is 0.101 e. The van der Waals surface area contributed by atoms with Crippen molar-refractivity contribution in [2.75, 3.05) is 25.1 Å². The zero-order chi connectivity index (χ0) is 12.7. The van der Waals surface area contributed by atoms with Crippen molar-refractivity contribution in [2.45, 2.75) is 13.8 Å². The molecule has 0 saturated heterocycles. The molecule has 0 bridgehead atoms. The lowest BCUT2D eigenvalue weighted by Crippen LogP contribution is -2.12. The molecule has 1 aromatic carbocycles. The Kier molecular flexibility index (Phi) is 6.03. The molecule has 0 radical (unpaired) electrons. The Bertz CT molecular complexity index is 399. The second-order valence-corrected chi connectivity index (χ2v) is 5.11. The molecule has 17 heavy (non-hydrogen) atoms. The average Bonchev–Trinajstić information content (AvgIpc) is 2.29. The fraction of sp³-hybridized carbons (Fsp3) is 0.462. The van der Waals surface area contributed by atoms with Gasteiger partial charge in [0.25, 0.3) is 0 Å². The second-order valence-electron chi connectivity index (χ2n) is 4.20. The number of anilines is 1. The number of halogens is 1. The topological polar surface area (TPSA) is 45.0 Å².